The maximum absolute atomic E-state index is 13.3. The average Bonchev–Trinajstić information content (AvgIpc) is 2.19. The molecule has 3 nitrogen and oxygen atoms in total. The van der Waals surface area contributed by atoms with Gasteiger partial charge in [0.15, 0.2) is 0 Å². The van der Waals surface area contributed by atoms with E-state index in [0.29, 0.717) is 23.2 Å². The molecule has 114 valence electrons. The number of alkyl halides is 3. The molecule has 20 heavy (non-hydrogen) atoms. The minimum atomic E-state index is -4.87. The summed E-state index contributed by atoms with van der Waals surface area (Å²) in [5.74, 6) is 0. The van der Waals surface area contributed by atoms with Gasteiger partial charge >= 0.3 is 6.18 Å². The molecule has 1 rings (SSSR count). The molecule has 0 aliphatic carbocycles. The molecule has 0 aromatic heterocycles. The van der Waals surface area contributed by atoms with E-state index < -0.39 is 21.9 Å². The molecule has 0 aliphatic heterocycles. The van der Waals surface area contributed by atoms with Crippen LogP contribution in [0.2, 0.25) is 0 Å². The highest BCUT2D eigenvalue weighted by atomic mass is 79.9. The van der Waals surface area contributed by atoms with Crippen molar-refractivity contribution in [3.63, 3.8) is 0 Å². The van der Waals surface area contributed by atoms with Crippen LogP contribution in [0.5, 0.6) is 0 Å². The first-order chi connectivity index (χ1) is 8.78. The first kappa shape index (κ1) is 17.5. The van der Waals surface area contributed by atoms with Gasteiger partial charge in [0.2, 0.25) is 5.60 Å². The van der Waals surface area contributed by atoms with Crippen LogP contribution in [0, 0.1) is 13.8 Å². The molecule has 0 fully saturated rings. The second kappa shape index (κ2) is 5.31. The molecule has 0 spiro atoms. The Bertz CT molecular complexity index is 626. The van der Waals surface area contributed by atoms with Crippen LogP contribution < -0.4 is 0 Å². The summed E-state index contributed by atoms with van der Waals surface area (Å²) in [5.41, 5.74) is -2.31. The highest BCUT2D eigenvalue weighted by Crippen LogP contribution is 2.45. The molecule has 0 N–H and O–H groups in total. The second-order valence-corrected chi connectivity index (χ2v) is 7.16. The largest absolute Gasteiger partial charge is 0.422 e. The van der Waals surface area contributed by atoms with Crippen LogP contribution in [0.1, 0.15) is 23.6 Å². The van der Waals surface area contributed by atoms with Crippen LogP contribution in [-0.4, -0.2) is 20.8 Å². The van der Waals surface area contributed by atoms with Gasteiger partial charge in [-0.3, -0.25) is 0 Å². The number of hydrogen-bond donors (Lipinski definition) is 0. The van der Waals surface area contributed by atoms with E-state index in [1.54, 1.807) is 6.92 Å². The van der Waals surface area contributed by atoms with E-state index in [1.807, 2.05) is 0 Å². The fraction of sp³-hybridized carbons (Fsp3) is 0.500. The lowest BCUT2D eigenvalue weighted by Gasteiger charge is -2.32. The summed E-state index contributed by atoms with van der Waals surface area (Å²) in [7, 11) is -4.28. The third-order valence-corrected chi connectivity index (χ3v) is 4.37. The van der Waals surface area contributed by atoms with Crippen molar-refractivity contribution in [3.05, 3.63) is 33.3 Å². The van der Waals surface area contributed by atoms with Gasteiger partial charge in [-0.25, -0.2) is 4.18 Å². The van der Waals surface area contributed by atoms with Gasteiger partial charge in [0.05, 0.1) is 6.26 Å². The number of hydrogen-bond acceptors (Lipinski definition) is 3. The topological polar surface area (TPSA) is 43.4 Å². The van der Waals surface area contributed by atoms with E-state index in [4.69, 9.17) is 0 Å². The van der Waals surface area contributed by atoms with Crippen LogP contribution in [0.25, 0.3) is 0 Å². The highest BCUT2D eigenvalue weighted by Gasteiger charge is 2.56. The summed E-state index contributed by atoms with van der Waals surface area (Å²) in [6, 6.07) is 2.78. The van der Waals surface area contributed by atoms with E-state index in [0.717, 1.165) is 0 Å². The van der Waals surface area contributed by atoms with Gasteiger partial charge in [0.1, 0.15) is 0 Å². The van der Waals surface area contributed by atoms with E-state index in [-0.39, 0.29) is 11.1 Å². The molecule has 0 aliphatic rings. The van der Waals surface area contributed by atoms with Crippen molar-refractivity contribution < 1.29 is 25.8 Å². The Morgan fingerprint density at radius 1 is 1.15 bits per heavy atom. The predicted octanol–water partition coefficient (Wildman–Crippen LogP) is 3.82. The van der Waals surface area contributed by atoms with Gasteiger partial charge in [0.25, 0.3) is 10.1 Å². The van der Waals surface area contributed by atoms with Gasteiger partial charge in [-0.05, 0) is 43.5 Å². The Morgan fingerprint density at radius 3 is 2.05 bits per heavy atom. The molecule has 1 aromatic carbocycles. The van der Waals surface area contributed by atoms with Gasteiger partial charge in [-0.15, -0.1) is 0 Å². The SMILES string of the molecule is Cc1cc(C(C)(OS(C)(=O)=O)C(F)(F)F)c(C)cc1Br. The van der Waals surface area contributed by atoms with Gasteiger partial charge in [0, 0.05) is 4.47 Å². The Kier molecular flexibility index (Phi) is 4.63. The van der Waals surface area contributed by atoms with Gasteiger partial charge in [-0.1, -0.05) is 22.0 Å². The van der Waals surface area contributed by atoms with Crippen molar-refractivity contribution in [2.45, 2.75) is 32.5 Å². The minimum Gasteiger partial charge on any atom is -0.249 e. The summed E-state index contributed by atoms with van der Waals surface area (Å²) in [6.45, 7) is 3.79. The normalized spacial score (nSPS) is 16.0. The zero-order valence-corrected chi connectivity index (χ0v) is 13.7. The molecule has 1 unspecified atom stereocenters. The molecule has 0 saturated carbocycles. The first-order valence-corrected chi connectivity index (χ1v) is 8.13. The summed E-state index contributed by atoms with van der Waals surface area (Å²) in [6.07, 6.45) is -4.28. The van der Waals surface area contributed by atoms with Crippen molar-refractivity contribution in [1.82, 2.24) is 0 Å². The van der Waals surface area contributed by atoms with Crippen LogP contribution in [0.15, 0.2) is 16.6 Å². The lowest BCUT2D eigenvalue weighted by Crippen LogP contribution is -2.44. The Hall–Kier alpha value is -0.600. The standard InChI is InChI=1S/C12H14BrF3O3S/c1-7-6-10(13)8(2)5-9(7)11(3,12(14,15)16)19-20(4,17)18/h5-6H,1-4H3. The average molecular weight is 375 g/mol. The number of benzene rings is 1. The Labute approximate surface area is 124 Å². The van der Waals surface area contributed by atoms with Gasteiger partial charge in [-0.2, -0.15) is 21.6 Å². The van der Waals surface area contributed by atoms with Crippen molar-refractivity contribution >= 4 is 26.0 Å². The lowest BCUT2D eigenvalue weighted by atomic mass is 9.90. The monoisotopic (exact) mass is 374 g/mol. The fourth-order valence-corrected chi connectivity index (χ4v) is 3.09. The molecule has 0 radical (unpaired) electrons. The maximum Gasteiger partial charge on any atom is 0.422 e. The molecule has 0 amide bonds. The number of aryl methyl sites for hydroxylation is 2. The molecular weight excluding hydrogens is 361 g/mol. The molecule has 8 heteroatoms. The third kappa shape index (κ3) is 3.53. The minimum absolute atomic E-state index is 0.226. The Morgan fingerprint density at radius 2 is 1.65 bits per heavy atom. The summed E-state index contributed by atoms with van der Waals surface area (Å²) in [5, 5.41) is 0. The van der Waals surface area contributed by atoms with Crippen LogP contribution in [0.4, 0.5) is 13.2 Å². The molecule has 0 bridgehead atoms. The zero-order chi connectivity index (χ0) is 15.9. The zero-order valence-electron chi connectivity index (χ0n) is 11.3. The fourth-order valence-electron chi connectivity index (χ4n) is 1.84. The van der Waals surface area contributed by atoms with E-state index in [2.05, 4.69) is 20.1 Å². The highest BCUT2D eigenvalue weighted by molar-refractivity contribution is 9.10. The van der Waals surface area contributed by atoms with Crippen LogP contribution in [0.3, 0.4) is 0 Å². The Balaban J connectivity index is 3.59. The lowest BCUT2D eigenvalue weighted by molar-refractivity contribution is -0.246. The van der Waals surface area contributed by atoms with E-state index in [1.165, 1.54) is 19.1 Å². The van der Waals surface area contributed by atoms with Crippen molar-refractivity contribution in [2.75, 3.05) is 6.26 Å². The van der Waals surface area contributed by atoms with E-state index >= 15 is 0 Å². The number of rotatable bonds is 3. The second-order valence-electron chi connectivity index (χ2n) is 4.73. The first-order valence-electron chi connectivity index (χ1n) is 5.52. The molecule has 0 saturated heterocycles. The smallest absolute Gasteiger partial charge is 0.249 e. The van der Waals surface area contributed by atoms with Crippen molar-refractivity contribution in [1.29, 1.82) is 0 Å². The molecule has 0 heterocycles. The van der Waals surface area contributed by atoms with Gasteiger partial charge < -0.3 is 0 Å². The quantitative estimate of drug-likeness (QED) is 0.755. The molecular formula is C12H14BrF3O3S. The maximum atomic E-state index is 13.3. The van der Waals surface area contributed by atoms with Crippen LogP contribution in [-0.2, 0) is 19.9 Å². The summed E-state index contributed by atoms with van der Waals surface area (Å²) >= 11 is 3.22. The molecule has 1 aromatic rings. The summed E-state index contributed by atoms with van der Waals surface area (Å²) < 4.78 is 67.4. The van der Waals surface area contributed by atoms with E-state index in [9.17, 15) is 21.6 Å². The van der Waals surface area contributed by atoms with Crippen molar-refractivity contribution in [3.8, 4) is 0 Å². The molecule has 1 atom stereocenters. The predicted molar refractivity (Wildman–Crippen MR) is 73.0 cm³/mol. The number of halogens is 4. The van der Waals surface area contributed by atoms with Crippen LogP contribution >= 0.6 is 15.9 Å². The summed E-state index contributed by atoms with van der Waals surface area (Å²) in [4.78, 5) is 0. The third-order valence-electron chi connectivity index (χ3n) is 2.88. The van der Waals surface area contributed by atoms with Crippen molar-refractivity contribution in [2.24, 2.45) is 0 Å².